The predicted molar refractivity (Wildman–Crippen MR) is 43.4 cm³/mol. The molecule has 0 aliphatic heterocycles. The molecule has 2 nitrogen and oxygen atoms in total. The smallest absolute Gasteiger partial charge is 0.260 e. The molecule has 13 heavy (non-hydrogen) atoms. The van der Waals surface area contributed by atoms with Gasteiger partial charge in [0.25, 0.3) is 6.43 Å². The number of pyridine rings is 1. The van der Waals surface area contributed by atoms with Gasteiger partial charge in [-0.05, 0) is 19.4 Å². The Morgan fingerprint density at radius 3 is 2.54 bits per heavy atom. The van der Waals surface area contributed by atoms with Crippen molar-refractivity contribution in [3.05, 3.63) is 28.6 Å². The van der Waals surface area contributed by atoms with E-state index >= 15 is 0 Å². The van der Waals surface area contributed by atoms with Gasteiger partial charge < -0.3 is 0 Å². The second-order valence-corrected chi connectivity index (χ2v) is 2.71. The summed E-state index contributed by atoms with van der Waals surface area (Å²) < 4.78 is 24.9. The predicted octanol–water partition coefficient (Wildman–Crippen LogP) is 2.51. The Balaban J connectivity index is 3.41. The van der Waals surface area contributed by atoms with Crippen molar-refractivity contribution in [1.82, 2.24) is 4.98 Å². The maximum absolute atomic E-state index is 12.5. The largest absolute Gasteiger partial charge is 0.265 e. The Morgan fingerprint density at radius 1 is 1.46 bits per heavy atom. The summed E-state index contributed by atoms with van der Waals surface area (Å²) in [4.78, 5) is 3.73. The lowest BCUT2D eigenvalue weighted by atomic mass is 10.0. The number of rotatable bonds is 1. The van der Waals surface area contributed by atoms with Crippen LogP contribution in [-0.4, -0.2) is 4.98 Å². The molecule has 0 atom stereocenters. The second-order valence-electron chi connectivity index (χ2n) is 2.71. The summed E-state index contributed by atoms with van der Waals surface area (Å²) >= 11 is 0. The lowest BCUT2D eigenvalue weighted by Gasteiger charge is -2.08. The highest BCUT2D eigenvalue weighted by molar-refractivity contribution is 5.42. The maximum atomic E-state index is 12.5. The van der Waals surface area contributed by atoms with Crippen molar-refractivity contribution in [2.45, 2.75) is 20.3 Å². The first-order chi connectivity index (χ1) is 6.07. The minimum atomic E-state index is -2.57. The van der Waals surface area contributed by atoms with E-state index in [2.05, 4.69) is 4.98 Å². The summed E-state index contributed by atoms with van der Waals surface area (Å²) in [6, 6.07) is 1.82. The second kappa shape index (κ2) is 3.48. The number of aryl methyl sites for hydroxylation is 1. The van der Waals surface area contributed by atoms with Gasteiger partial charge in [0.15, 0.2) is 0 Å². The quantitative estimate of drug-likeness (QED) is 0.669. The number of halogens is 2. The van der Waals surface area contributed by atoms with Crippen LogP contribution in [0, 0.1) is 25.2 Å². The lowest BCUT2D eigenvalue weighted by Crippen LogP contribution is -1.99. The maximum Gasteiger partial charge on any atom is 0.265 e. The van der Waals surface area contributed by atoms with Crippen LogP contribution in [0.5, 0.6) is 0 Å². The minimum Gasteiger partial charge on any atom is -0.260 e. The van der Waals surface area contributed by atoms with Crippen molar-refractivity contribution in [2.24, 2.45) is 0 Å². The van der Waals surface area contributed by atoms with E-state index in [1.807, 2.05) is 6.07 Å². The molecule has 0 unspecified atom stereocenters. The monoisotopic (exact) mass is 182 g/mol. The van der Waals surface area contributed by atoms with E-state index in [1.54, 1.807) is 0 Å². The summed E-state index contributed by atoms with van der Waals surface area (Å²) in [5.74, 6) is 0. The molecule has 0 saturated heterocycles. The van der Waals surface area contributed by atoms with Crippen LogP contribution in [-0.2, 0) is 0 Å². The number of alkyl halides is 2. The van der Waals surface area contributed by atoms with Crippen molar-refractivity contribution < 1.29 is 8.78 Å². The Labute approximate surface area is 74.8 Å². The molecule has 0 N–H and O–H groups in total. The van der Waals surface area contributed by atoms with Gasteiger partial charge in [0, 0.05) is 17.5 Å². The van der Waals surface area contributed by atoms with E-state index in [0.717, 1.165) is 0 Å². The van der Waals surface area contributed by atoms with Crippen molar-refractivity contribution in [2.75, 3.05) is 0 Å². The molecular formula is C9H8F2N2. The zero-order valence-electron chi connectivity index (χ0n) is 7.31. The minimum absolute atomic E-state index is 0.126. The van der Waals surface area contributed by atoms with Crippen molar-refractivity contribution in [1.29, 1.82) is 5.26 Å². The first-order valence-corrected chi connectivity index (χ1v) is 3.72. The summed E-state index contributed by atoms with van der Waals surface area (Å²) in [6.07, 6.45) is -1.25. The van der Waals surface area contributed by atoms with Gasteiger partial charge in [-0.25, -0.2) is 8.78 Å². The van der Waals surface area contributed by atoms with Gasteiger partial charge in [0.05, 0.1) is 5.56 Å². The molecule has 4 heteroatoms. The van der Waals surface area contributed by atoms with Gasteiger partial charge in [0.1, 0.15) is 6.07 Å². The molecule has 0 aliphatic rings. The molecular weight excluding hydrogens is 174 g/mol. The molecule has 1 aromatic heterocycles. The summed E-state index contributed by atoms with van der Waals surface area (Å²) in [7, 11) is 0. The molecule has 0 fully saturated rings. The molecule has 0 spiro atoms. The number of hydrogen-bond donors (Lipinski definition) is 0. The molecule has 0 saturated carbocycles. The highest BCUT2D eigenvalue weighted by Crippen LogP contribution is 2.26. The topological polar surface area (TPSA) is 36.7 Å². The van der Waals surface area contributed by atoms with Crippen LogP contribution in [0.25, 0.3) is 0 Å². The van der Waals surface area contributed by atoms with Gasteiger partial charge in [-0.2, -0.15) is 5.26 Å². The summed E-state index contributed by atoms with van der Waals surface area (Å²) in [6.45, 7) is 3.02. The van der Waals surface area contributed by atoms with E-state index in [1.165, 1.54) is 20.0 Å². The molecule has 0 amide bonds. The van der Waals surface area contributed by atoms with Gasteiger partial charge >= 0.3 is 0 Å². The van der Waals surface area contributed by atoms with Gasteiger partial charge in [0.2, 0.25) is 0 Å². The standard InChI is InChI=1S/C9H8F2N2/c1-5-7(3-12)4-13-6(2)8(5)9(10)11/h4,9H,1-2H3. The van der Waals surface area contributed by atoms with Gasteiger partial charge in [-0.3, -0.25) is 4.98 Å². The van der Waals surface area contributed by atoms with Crippen LogP contribution < -0.4 is 0 Å². The fourth-order valence-corrected chi connectivity index (χ4v) is 1.18. The molecule has 0 radical (unpaired) electrons. The third-order valence-electron chi connectivity index (χ3n) is 1.92. The van der Waals surface area contributed by atoms with E-state index in [-0.39, 0.29) is 16.8 Å². The third-order valence-corrected chi connectivity index (χ3v) is 1.92. The van der Waals surface area contributed by atoms with Crippen LogP contribution >= 0.6 is 0 Å². The Bertz CT molecular complexity index is 367. The van der Waals surface area contributed by atoms with Crippen molar-refractivity contribution in [3.63, 3.8) is 0 Å². The SMILES string of the molecule is Cc1ncc(C#N)c(C)c1C(F)F. The average molecular weight is 182 g/mol. The van der Waals surface area contributed by atoms with Crippen LogP contribution in [0.4, 0.5) is 8.78 Å². The van der Waals surface area contributed by atoms with E-state index in [4.69, 9.17) is 5.26 Å². The number of aromatic nitrogens is 1. The van der Waals surface area contributed by atoms with E-state index in [0.29, 0.717) is 5.56 Å². The van der Waals surface area contributed by atoms with Crippen LogP contribution in [0.3, 0.4) is 0 Å². The van der Waals surface area contributed by atoms with Gasteiger partial charge in [-0.15, -0.1) is 0 Å². The molecule has 0 aliphatic carbocycles. The Morgan fingerprint density at radius 2 is 2.08 bits per heavy atom. The highest BCUT2D eigenvalue weighted by Gasteiger charge is 2.16. The molecule has 68 valence electrons. The Kier molecular flexibility index (Phi) is 2.57. The fourth-order valence-electron chi connectivity index (χ4n) is 1.18. The van der Waals surface area contributed by atoms with E-state index < -0.39 is 6.43 Å². The summed E-state index contributed by atoms with van der Waals surface area (Å²) in [5, 5.41) is 8.58. The zero-order valence-corrected chi connectivity index (χ0v) is 7.31. The summed E-state index contributed by atoms with van der Waals surface area (Å²) in [5.41, 5.74) is 0.691. The molecule has 1 rings (SSSR count). The van der Waals surface area contributed by atoms with Crippen molar-refractivity contribution in [3.8, 4) is 6.07 Å². The Hall–Kier alpha value is -1.50. The van der Waals surface area contributed by atoms with E-state index in [9.17, 15) is 8.78 Å². The number of nitrogens with zero attached hydrogens (tertiary/aromatic N) is 2. The highest BCUT2D eigenvalue weighted by atomic mass is 19.3. The average Bonchev–Trinajstić information content (AvgIpc) is 2.04. The molecule has 0 aromatic carbocycles. The normalized spacial score (nSPS) is 10.2. The zero-order chi connectivity index (χ0) is 10.0. The molecule has 1 aromatic rings. The lowest BCUT2D eigenvalue weighted by molar-refractivity contribution is 0.149. The molecule has 0 bridgehead atoms. The van der Waals surface area contributed by atoms with Crippen LogP contribution in [0.2, 0.25) is 0 Å². The number of nitriles is 1. The number of hydrogen-bond acceptors (Lipinski definition) is 2. The first-order valence-electron chi connectivity index (χ1n) is 3.72. The third kappa shape index (κ3) is 1.64. The first kappa shape index (κ1) is 9.59. The van der Waals surface area contributed by atoms with Crippen molar-refractivity contribution >= 4 is 0 Å². The fraction of sp³-hybridized carbons (Fsp3) is 0.333. The molecule has 1 heterocycles. The van der Waals surface area contributed by atoms with Crippen LogP contribution in [0.15, 0.2) is 6.20 Å². The van der Waals surface area contributed by atoms with Crippen LogP contribution in [0.1, 0.15) is 28.8 Å². The van der Waals surface area contributed by atoms with Gasteiger partial charge in [-0.1, -0.05) is 0 Å².